The Kier molecular flexibility index (Phi) is 4.90. The van der Waals surface area contributed by atoms with Crippen molar-refractivity contribution in [3.05, 3.63) is 46.7 Å². The van der Waals surface area contributed by atoms with E-state index in [1.807, 2.05) is 0 Å². The largest absolute Gasteiger partial charge is 0.468 e. The number of rotatable bonds is 3. The number of hydrogen-bond acceptors (Lipinski definition) is 5. The van der Waals surface area contributed by atoms with Gasteiger partial charge in [0, 0.05) is 17.5 Å². The van der Waals surface area contributed by atoms with Crippen LogP contribution in [0, 0.1) is 11.3 Å². The first-order valence-corrected chi connectivity index (χ1v) is 7.42. The summed E-state index contributed by atoms with van der Waals surface area (Å²) in [7, 11) is 1.24. The molecule has 0 unspecified atom stereocenters. The van der Waals surface area contributed by atoms with E-state index in [1.165, 1.54) is 25.3 Å². The van der Waals surface area contributed by atoms with Crippen LogP contribution in [0.2, 0.25) is 5.02 Å². The van der Waals surface area contributed by atoms with E-state index in [9.17, 15) is 14.4 Å². The molecule has 0 saturated heterocycles. The van der Waals surface area contributed by atoms with Gasteiger partial charge >= 0.3 is 11.9 Å². The smallest absolute Gasteiger partial charge is 0.343 e. The molecular formula is C17H17ClO5. The summed E-state index contributed by atoms with van der Waals surface area (Å²) in [5.41, 5.74) is -0.371. The Bertz CT molecular complexity index is 673. The minimum absolute atomic E-state index is 0.236. The van der Waals surface area contributed by atoms with Crippen molar-refractivity contribution in [3.8, 4) is 0 Å². The lowest BCUT2D eigenvalue weighted by atomic mass is 9.70. The number of allylic oxidation sites excluding steroid dienone is 2. The molecule has 1 aliphatic carbocycles. The maximum Gasteiger partial charge on any atom is 0.343 e. The van der Waals surface area contributed by atoms with Crippen LogP contribution in [0.1, 0.15) is 30.6 Å². The van der Waals surface area contributed by atoms with Gasteiger partial charge in [0.1, 0.15) is 11.7 Å². The van der Waals surface area contributed by atoms with E-state index in [-0.39, 0.29) is 12.2 Å². The monoisotopic (exact) mass is 336 g/mol. The van der Waals surface area contributed by atoms with Gasteiger partial charge in [0.05, 0.1) is 12.7 Å². The molecule has 0 aromatic heterocycles. The highest BCUT2D eigenvalue weighted by Gasteiger charge is 2.45. The van der Waals surface area contributed by atoms with Crippen LogP contribution in [0.25, 0.3) is 0 Å². The molecule has 0 amide bonds. The van der Waals surface area contributed by atoms with Crippen molar-refractivity contribution in [2.45, 2.75) is 20.3 Å². The molecule has 1 aromatic carbocycles. The van der Waals surface area contributed by atoms with Gasteiger partial charge in [-0.05, 0) is 29.7 Å². The molecule has 6 heteroatoms. The first-order chi connectivity index (χ1) is 10.7. The fourth-order valence-corrected chi connectivity index (χ4v) is 2.74. The van der Waals surface area contributed by atoms with Crippen molar-refractivity contribution in [1.82, 2.24) is 0 Å². The lowest BCUT2D eigenvalue weighted by Gasteiger charge is -2.34. The quantitative estimate of drug-likeness (QED) is 0.626. The van der Waals surface area contributed by atoms with Crippen molar-refractivity contribution in [2.75, 3.05) is 7.11 Å². The predicted octanol–water partition coefficient (Wildman–Crippen LogP) is 3.17. The maximum atomic E-state index is 12.2. The summed E-state index contributed by atoms with van der Waals surface area (Å²) in [4.78, 5) is 36.1. The first-order valence-electron chi connectivity index (χ1n) is 7.04. The maximum absolute atomic E-state index is 12.2. The van der Waals surface area contributed by atoms with Crippen LogP contribution in [0.3, 0.4) is 0 Å². The summed E-state index contributed by atoms with van der Waals surface area (Å²) in [6.45, 7) is 3.52. The van der Waals surface area contributed by atoms with Crippen LogP contribution >= 0.6 is 11.6 Å². The van der Waals surface area contributed by atoms with Crippen LogP contribution in [-0.2, 0) is 19.1 Å². The number of hydrogen-bond donors (Lipinski definition) is 0. The van der Waals surface area contributed by atoms with Crippen LogP contribution in [0.5, 0.6) is 0 Å². The molecule has 0 bridgehead atoms. The molecule has 0 saturated carbocycles. The van der Waals surface area contributed by atoms with Gasteiger partial charge in [0.15, 0.2) is 5.78 Å². The molecule has 1 aliphatic rings. The second-order valence-corrected chi connectivity index (χ2v) is 6.47. The van der Waals surface area contributed by atoms with Crippen molar-refractivity contribution in [2.24, 2.45) is 11.3 Å². The van der Waals surface area contributed by atoms with Gasteiger partial charge in [-0.25, -0.2) is 4.79 Å². The highest BCUT2D eigenvalue weighted by Crippen LogP contribution is 2.39. The molecule has 0 heterocycles. The zero-order chi connectivity index (χ0) is 17.2. The number of carbonyl (C=O) groups is 3. The zero-order valence-corrected chi connectivity index (χ0v) is 13.8. The van der Waals surface area contributed by atoms with Gasteiger partial charge in [-0.3, -0.25) is 9.59 Å². The summed E-state index contributed by atoms with van der Waals surface area (Å²) < 4.78 is 9.97. The number of esters is 2. The molecule has 2 rings (SSSR count). The Balaban J connectivity index is 2.18. The molecule has 0 N–H and O–H groups in total. The van der Waals surface area contributed by atoms with E-state index in [4.69, 9.17) is 16.3 Å². The Hall–Kier alpha value is -2.14. The molecule has 5 nitrogen and oxygen atoms in total. The third kappa shape index (κ3) is 3.79. The van der Waals surface area contributed by atoms with Gasteiger partial charge in [0.2, 0.25) is 0 Å². The van der Waals surface area contributed by atoms with Gasteiger partial charge in [-0.15, -0.1) is 0 Å². The van der Waals surface area contributed by atoms with Crippen LogP contribution in [0.15, 0.2) is 36.1 Å². The number of carbonyl (C=O) groups excluding carboxylic acids is 3. The molecule has 0 aliphatic heterocycles. The van der Waals surface area contributed by atoms with Crippen molar-refractivity contribution in [1.29, 1.82) is 0 Å². The van der Waals surface area contributed by atoms with Crippen molar-refractivity contribution >= 4 is 29.3 Å². The molecule has 0 fully saturated rings. The number of ether oxygens (including phenoxy) is 2. The summed E-state index contributed by atoms with van der Waals surface area (Å²) in [6.07, 6.45) is 1.47. The van der Waals surface area contributed by atoms with Gasteiger partial charge in [-0.1, -0.05) is 25.4 Å². The summed E-state index contributed by atoms with van der Waals surface area (Å²) in [6, 6.07) is 6.24. The standard InChI is InChI=1S/C17H17ClO5/c1-17(2)9-12(8-13(19)14(17)16(21)22-3)23-15(20)10-4-6-11(18)7-5-10/h4-8,14H,9H2,1-3H3/t14-/m1/s1. The lowest BCUT2D eigenvalue weighted by molar-refractivity contribution is -0.153. The zero-order valence-electron chi connectivity index (χ0n) is 13.1. The second-order valence-electron chi connectivity index (χ2n) is 6.03. The first kappa shape index (κ1) is 17.2. The van der Waals surface area contributed by atoms with E-state index in [0.29, 0.717) is 10.6 Å². The summed E-state index contributed by atoms with van der Waals surface area (Å²) in [5.74, 6) is -2.25. The number of benzene rings is 1. The second kappa shape index (κ2) is 6.54. The summed E-state index contributed by atoms with van der Waals surface area (Å²) >= 11 is 5.77. The predicted molar refractivity (Wildman–Crippen MR) is 83.9 cm³/mol. The normalized spacial score (nSPS) is 19.7. The van der Waals surface area contributed by atoms with E-state index in [1.54, 1.807) is 26.0 Å². The topological polar surface area (TPSA) is 69.7 Å². The van der Waals surface area contributed by atoms with Gasteiger partial charge < -0.3 is 9.47 Å². The van der Waals surface area contributed by atoms with Crippen molar-refractivity contribution < 1.29 is 23.9 Å². The SMILES string of the molecule is COC(=O)[C@H]1C(=O)C=C(OC(=O)c2ccc(Cl)cc2)CC1(C)C. The van der Waals surface area contributed by atoms with Crippen LogP contribution in [-0.4, -0.2) is 24.8 Å². The van der Waals surface area contributed by atoms with E-state index >= 15 is 0 Å². The van der Waals surface area contributed by atoms with Crippen LogP contribution < -0.4 is 0 Å². The molecular weight excluding hydrogens is 320 g/mol. The summed E-state index contributed by atoms with van der Waals surface area (Å²) in [5, 5.41) is 0.510. The van der Waals surface area contributed by atoms with Crippen molar-refractivity contribution in [3.63, 3.8) is 0 Å². The molecule has 1 aromatic rings. The molecule has 0 spiro atoms. The fourth-order valence-electron chi connectivity index (χ4n) is 2.61. The Morgan fingerprint density at radius 3 is 2.35 bits per heavy atom. The van der Waals surface area contributed by atoms with E-state index in [2.05, 4.69) is 4.74 Å². The number of halogens is 1. The van der Waals surface area contributed by atoms with Crippen LogP contribution in [0.4, 0.5) is 0 Å². The highest BCUT2D eigenvalue weighted by molar-refractivity contribution is 6.30. The lowest BCUT2D eigenvalue weighted by Crippen LogP contribution is -2.41. The third-order valence-electron chi connectivity index (χ3n) is 3.74. The minimum Gasteiger partial charge on any atom is -0.468 e. The molecule has 1 atom stereocenters. The molecule has 122 valence electrons. The average Bonchev–Trinajstić information content (AvgIpc) is 2.45. The van der Waals surface area contributed by atoms with Gasteiger partial charge in [-0.2, -0.15) is 0 Å². The Morgan fingerprint density at radius 1 is 1.22 bits per heavy atom. The third-order valence-corrected chi connectivity index (χ3v) is 3.99. The Labute approximate surface area is 139 Å². The average molecular weight is 337 g/mol. The Morgan fingerprint density at radius 2 is 1.83 bits per heavy atom. The molecule has 23 heavy (non-hydrogen) atoms. The fraction of sp³-hybridized carbons (Fsp3) is 0.353. The minimum atomic E-state index is -0.898. The highest BCUT2D eigenvalue weighted by atomic mass is 35.5. The van der Waals surface area contributed by atoms with E-state index < -0.39 is 29.1 Å². The van der Waals surface area contributed by atoms with E-state index in [0.717, 1.165) is 0 Å². The molecule has 0 radical (unpaired) electrons. The number of ketones is 1. The number of methoxy groups -OCH3 is 1. The van der Waals surface area contributed by atoms with Gasteiger partial charge in [0.25, 0.3) is 0 Å².